The van der Waals surface area contributed by atoms with Gasteiger partial charge >= 0.3 is 0 Å². The van der Waals surface area contributed by atoms with Crippen LogP contribution in [0.25, 0.3) is 0 Å². The van der Waals surface area contributed by atoms with Crippen LogP contribution in [-0.4, -0.2) is 7.11 Å². The molecule has 28 heavy (non-hydrogen) atoms. The molecule has 0 unspecified atom stereocenters. The summed E-state index contributed by atoms with van der Waals surface area (Å²) in [7, 11) is 1.64. The number of nitrogens with one attached hydrogen (secondary N) is 1. The van der Waals surface area contributed by atoms with Gasteiger partial charge < -0.3 is 14.8 Å². The molecule has 3 aromatic carbocycles. The molecule has 0 aromatic heterocycles. The van der Waals surface area contributed by atoms with E-state index in [0.29, 0.717) is 36.2 Å². The highest BCUT2D eigenvalue weighted by Crippen LogP contribution is 2.34. The van der Waals surface area contributed by atoms with Crippen molar-refractivity contribution in [3.8, 4) is 11.5 Å². The van der Waals surface area contributed by atoms with Crippen LogP contribution in [0.2, 0.25) is 10.0 Å². The van der Waals surface area contributed by atoms with E-state index in [1.807, 2.05) is 60.7 Å². The molecule has 1 N–H and O–H groups in total. The first-order valence-electron chi connectivity index (χ1n) is 8.74. The molecule has 6 heteroatoms. The summed E-state index contributed by atoms with van der Waals surface area (Å²) < 4.78 is 12.4. The summed E-state index contributed by atoms with van der Waals surface area (Å²) in [5.41, 5.74) is 3.13. The second kappa shape index (κ2) is 10.2. The maximum atomic E-state index is 6.21. The monoisotopic (exact) mass is 479 g/mol. The molecule has 0 aliphatic rings. The number of hydrogen-bond acceptors (Lipinski definition) is 3. The molecule has 0 heterocycles. The summed E-state index contributed by atoms with van der Waals surface area (Å²) in [4.78, 5) is 0. The van der Waals surface area contributed by atoms with E-state index in [4.69, 9.17) is 32.7 Å². The van der Waals surface area contributed by atoms with E-state index in [0.717, 1.165) is 26.2 Å². The number of methoxy groups -OCH3 is 1. The van der Waals surface area contributed by atoms with Crippen molar-refractivity contribution < 1.29 is 9.47 Å². The van der Waals surface area contributed by atoms with E-state index in [2.05, 4.69) is 21.2 Å². The van der Waals surface area contributed by atoms with Crippen LogP contribution < -0.4 is 14.8 Å². The Bertz CT molecular complexity index is 950. The Balaban J connectivity index is 1.66. The standard InChI is InChI=1S/C22H20BrCl2NO2/c1-27-21-10-17(13-26-12-16-6-2-3-8-20(16)25)19(23)11-22(21)28-14-15-5-4-7-18(24)9-15/h2-11,26H,12-14H2,1H3. The number of ether oxygens (including phenoxy) is 2. The highest BCUT2D eigenvalue weighted by atomic mass is 79.9. The normalized spacial score (nSPS) is 10.7. The zero-order valence-corrected chi connectivity index (χ0v) is 18.4. The van der Waals surface area contributed by atoms with Crippen LogP contribution in [0.1, 0.15) is 16.7 Å². The maximum absolute atomic E-state index is 6.21. The van der Waals surface area contributed by atoms with Crippen LogP contribution in [0.15, 0.2) is 65.1 Å². The Labute approximate surface area is 183 Å². The fraction of sp³-hybridized carbons (Fsp3) is 0.182. The van der Waals surface area contributed by atoms with Gasteiger partial charge in [0.1, 0.15) is 6.61 Å². The first kappa shape index (κ1) is 21.0. The Morgan fingerprint density at radius 1 is 0.893 bits per heavy atom. The van der Waals surface area contributed by atoms with E-state index < -0.39 is 0 Å². The molecular weight excluding hydrogens is 461 g/mol. The van der Waals surface area contributed by atoms with Gasteiger partial charge in [-0.25, -0.2) is 0 Å². The Morgan fingerprint density at radius 3 is 2.43 bits per heavy atom. The molecule has 3 aromatic rings. The molecule has 0 saturated carbocycles. The molecule has 0 fully saturated rings. The lowest BCUT2D eigenvalue weighted by molar-refractivity contribution is 0.284. The first-order chi connectivity index (χ1) is 13.6. The van der Waals surface area contributed by atoms with Gasteiger partial charge in [0.2, 0.25) is 0 Å². The second-order valence-electron chi connectivity index (χ2n) is 6.21. The Morgan fingerprint density at radius 2 is 1.68 bits per heavy atom. The van der Waals surface area contributed by atoms with Gasteiger partial charge in [-0.15, -0.1) is 0 Å². The molecule has 3 rings (SSSR count). The molecule has 0 aliphatic carbocycles. The molecule has 0 spiro atoms. The largest absolute Gasteiger partial charge is 0.493 e. The minimum atomic E-state index is 0.410. The summed E-state index contributed by atoms with van der Waals surface area (Å²) >= 11 is 15.9. The summed E-state index contributed by atoms with van der Waals surface area (Å²) in [5.74, 6) is 1.35. The zero-order valence-electron chi connectivity index (χ0n) is 15.3. The number of benzene rings is 3. The van der Waals surface area contributed by atoms with Crippen molar-refractivity contribution in [3.63, 3.8) is 0 Å². The SMILES string of the molecule is COc1cc(CNCc2ccccc2Cl)c(Br)cc1OCc1cccc(Cl)c1. The van der Waals surface area contributed by atoms with Crippen LogP contribution >= 0.6 is 39.1 Å². The highest BCUT2D eigenvalue weighted by molar-refractivity contribution is 9.10. The Kier molecular flexibility index (Phi) is 7.63. The van der Waals surface area contributed by atoms with E-state index >= 15 is 0 Å². The topological polar surface area (TPSA) is 30.5 Å². The summed E-state index contributed by atoms with van der Waals surface area (Å²) in [6.07, 6.45) is 0. The Hall–Kier alpha value is -1.72. The molecule has 0 saturated heterocycles. The molecule has 0 aliphatic heterocycles. The van der Waals surface area contributed by atoms with Crippen LogP contribution in [0.5, 0.6) is 11.5 Å². The average molecular weight is 481 g/mol. The van der Waals surface area contributed by atoms with Gasteiger partial charge in [-0.1, -0.05) is 69.5 Å². The van der Waals surface area contributed by atoms with E-state index in [1.165, 1.54) is 0 Å². The van der Waals surface area contributed by atoms with Crippen molar-refractivity contribution in [1.29, 1.82) is 0 Å². The average Bonchev–Trinajstić information content (AvgIpc) is 2.69. The van der Waals surface area contributed by atoms with Gasteiger partial charge in [0.25, 0.3) is 0 Å². The third kappa shape index (κ3) is 5.65. The number of rotatable bonds is 8. The minimum Gasteiger partial charge on any atom is -0.493 e. The fourth-order valence-electron chi connectivity index (χ4n) is 2.75. The predicted molar refractivity (Wildman–Crippen MR) is 118 cm³/mol. The summed E-state index contributed by atoms with van der Waals surface area (Å²) in [6, 6.07) is 19.3. The predicted octanol–water partition coefficient (Wildman–Crippen LogP) is 6.63. The summed E-state index contributed by atoms with van der Waals surface area (Å²) in [6.45, 7) is 1.76. The maximum Gasteiger partial charge on any atom is 0.162 e. The first-order valence-corrected chi connectivity index (χ1v) is 10.3. The minimum absolute atomic E-state index is 0.410. The third-order valence-electron chi connectivity index (χ3n) is 4.20. The van der Waals surface area contributed by atoms with Crippen molar-refractivity contribution in [3.05, 3.63) is 91.9 Å². The van der Waals surface area contributed by atoms with Gasteiger partial charge in [-0.05, 0) is 47.0 Å². The van der Waals surface area contributed by atoms with Crippen molar-refractivity contribution in [1.82, 2.24) is 5.32 Å². The van der Waals surface area contributed by atoms with Crippen molar-refractivity contribution in [2.24, 2.45) is 0 Å². The van der Waals surface area contributed by atoms with Gasteiger partial charge in [0, 0.05) is 27.6 Å². The van der Waals surface area contributed by atoms with Crippen molar-refractivity contribution in [2.75, 3.05) is 7.11 Å². The highest BCUT2D eigenvalue weighted by Gasteiger charge is 2.11. The van der Waals surface area contributed by atoms with Crippen LogP contribution in [0.3, 0.4) is 0 Å². The van der Waals surface area contributed by atoms with Crippen molar-refractivity contribution in [2.45, 2.75) is 19.7 Å². The van der Waals surface area contributed by atoms with E-state index in [1.54, 1.807) is 7.11 Å². The lowest BCUT2D eigenvalue weighted by Crippen LogP contribution is -2.13. The number of halogens is 3. The molecule has 0 radical (unpaired) electrons. The molecule has 0 atom stereocenters. The molecule has 0 amide bonds. The van der Waals surface area contributed by atoms with Gasteiger partial charge in [-0.3, -0.25) is 0 Å². The molecular formula is C22H20BrCl2NO2. The lowest BCUT2D eigenvalue weighted by atomic mass is 10.1. The van der Waals surface area contributed by atoms with E-state index in [-0.39, 0.29) is 0 Å². The molecule has 146 valence electrons. The lowest BCUT2D eigenvalue weighted by Gasteiger charge is -2.15. The van der Waals surface area contributed by atoms with Gasteiger partial charge in [0.15, 0.2) is 11.5 Å². The third-order valence-corrected chi connectivity index (χ3v) is 5.55. The fourth-order valence-corrected chi connectivity index (χ4v) is 3.62. The molecule has 0 bridgehead atoms. The van der Waals surface area contributed by atoms with E-state index in [9.17, 15) is 0 Å². The smallest absolute Gasteiger partial charge is 0.162 e. The number of hydrogen-bond donors (Lipinski definition) is 1. The van der Waals surface area contributed by atoms with Gasteiger partial charge in [-0.2, -0.15) is 0 Å². The summed E-state index contributed by atoms with van der Waals surface area (Å²) in [5, 5.41) is 4.86. The second-order valence-corrected chi connectivity index (χ2v) is 7.91. The molecule has 3 nitrogen and oxygen atoms in total. The van der Waals surface area contributed by atoms with Gasteiger partial charge in [0.05, 0.1) is 7.11 Å². The quantitative estimate of drug-likeness (QED) is 0.392. The zero-order chi connectivity index (χ0) is 19.9. The van der Waals surface area contributed by atoms with Crippen LogP contribution in [0.4, 0.5) is 0 Å². The van der Waals surface area contributed by atoms with Crippen molar-refractivity contribution >= 4 is 39.1 Å². The van der Waals surface area contributed by atoms with Crippen LogP contribution in [-0.2, 0) is 19.7 Å². The van der Waals surface area contributed by atoms with Crippen LogP contribution in [0, 0.1) is 0 Å².